The Morgan fingerprint density at radius 2 is 1.82 bits per heavy atom. The molecule has 0 saturated heterocycles. The van der Waals surface area contributed by atoms with Crippen molar-refractivity contribution in [3.05, 3.63) is 60.7 Å². The van der Waals surface area contributed by atoms with E-state index in [0.29, 0.717) is 0 Å². The van der Waals surface area contributed by atoms with E-state index >= 15 is 0 Å². The molecule has 2 aromatic rings. The quantitative estimate of drug-likeness (QED) is 0.494. The van der Waals surface area contributed by atoms with Gasteiger partial charge in [0.1, 0.15) is 5.60 Å². The van der Waals surface area contributed by atoms with Gasteiger partial charge in [0, 0.05) is 24.2 Å². The molecule has 2 rings (SSSR count). The van der Waals surface area contributed by atoms with Crippen LogP contribution in [0.2, 0.25) is 0 Å². The van der Waals surface area contributed by atoms with Crippen LogP contribution in [0.25, 0.3) is 5.69 Å². The number of aromatic nitrogens is 2. The van der Waals surface area contributed by atoms with Gasteiger partial charge in [0.05, 0.1) is 0 Å². The molecule has 0 aliphatic carbocycles. The Morgan fingerprint density at radius 1 is 1.14 bits per heavy atom. The third-order valence-electron chi connectivity index (χ3n) is 2.67. The smallest absolute Gasteiger partial charge is 0.331 e. The van der Waals surface area contributed by atoms with Crippen LogP contribution in [0.5, 0.6) is 0 Å². The number of nitrogens with zero attached hydrogens (tertiary/aromatic N) is 2. The Hall–Kier alpha value is -2.69. The summed E-state index contributed by atoms with van der Waals surface area (Å²) in [5.74, 6) is -0.676. The summed E-state index contributed by atoms with van der Waals surface area (Å²) in [5, 5.41) is 0. The van der Waals surface area contributed by atoms with Gasteiger partial charge in [-0.15, -0.1) is 0 Å². The van der Waals surface area contributed by atoms with Gasteiger partial charge >= 0.3 is 5.97 Å². The van der Waals surface area contributed by atoms with Crippen LogP contribution in [-0.4, -0.2) is 26.9 Å². The van der Waals surface area contributed by atoms with Crippen molar-refractivity contribution in [1.82, 2.24) is 9.55 Å². The lowest BCUT2D eigenvalue weighted by Gasteiger charge is -2.17. The second kappa shape index (κ2) is 6.39. The highest BCUT2D eigenvalue weighted by Crippen LogP contribution is 2.11. The number of carbonyl (C=O) groups excluding carboxylic acids is 2. The number of ether oxygens (including phenoxy) is 1. The molecule has 0 radical (unpaired) electrons. The van der Waals surface area contributed by atoms with Gasteiger partial charge < -0.3 is 4.74 Å². The average molecular weight is 298 g/mol. The van der Waals surface area contributed by atoms with Crippen molar-refractivity contribution in [1.29, 1.82) is 0 Å². The Kier molecular flexibility index (Phi) is 4.56. The molecule has 1 aromatic carbocycles. The number of carbonyl (C=O) groups is 2. The topological polar surface area (TPSA) is 61.2 Å². The average Bonchev–Trinajstić information content (AvgIpc) is 2.93. The molecule has 5 heteroatoms. The first-order valence-electron chi connectivity index (χ1n) is 6.91. The van der Waals surface area contributed by atoms with Gasteiger partial charge in [-0.2, -0.15) is 0 Å². The fourth-order valence-electron chi connectivity index (χ4n) is 1.84. The van der Waals surface area contributed by atoms with Crippen LogP contribution < -0.4 is 0 Å². The number of esters is 1. The molecular formula is C17H18N2O3. The van der Waals surface area contributed by atoms with Crippen LogP contribution in [0.15, 0.2) is 54.9 Å². The lowest BCUT2D eigenvalue weighted by atomic mass is 10.2. The zero-order valence-corrected chi connectivity index (χ0v) is 12.8. The highest BCUT2D eigenvalue weighted by Gasteiger charge is 2.15. The summed E-state index contributed by atoms with van der Waals surface area (Å²) in [6, 6.07) is 9.39. The maximum absolute atomic E-state index is 12.2. The molecule has 0 amide bonds. The Labute approximate surface area is 129 Å². The number of rotatable bonds is 4. The summed E-state index contributed by atoms with van der Waals surface area (Å²) in [6.45, 7) is 5.30. The summed E-state index contributed by atoms with van der Waals surface area (Å²) in [5.41, 5.74) is 0.237. The number of hydrogen-bond acceptors (Lipinski definition) is 4. The first-order chi connectivity index (χ1) is 10.4. The molecule has 0 unspecified atom stereocenters. The first-order valence-corrected chi connectivity index (χ1v) is 6.91. The third-order valence-corrected chi connectivity index (χ3v) is 2.67. The van der Waals surface area contributed by atoms with Crippen molar-refractivity contribution in [2.75, 3.05) is 0 Å². The van der Waals surface area contributed by atoms with E-state index in [9.17, 15) is 9.59 Å². The summed E-state index contributed by atoms with van der Waals surface area (Å²) >= 11 is 0. The molecule has 22 heavy (non-hydrogen) atoms. The van der Waals surface area contributed by atoms with Gasteiger partial charge in [-0.05, 0) is 39.0 Å². The highest BCUT2D eigenvalue weighted by molar-refractivity contribution is 6.05. The number of ketones is 1. The fraction of sp³-hybridized carbons (Fsp3) is 0.235. The number of benzene rings is 1. The van der Waals surface area contributed by atoms with Crippen LogP contribution in [-0.2, 0) is 9.53 Å². The monoisotopic (exact) mass is 298 g/mol. The molecule has 0 saturated carbocycles. The Bertz CT molecular complexity index is 694. The van der Waals surface area contributed by atoms with Gasteiger partial charge in [0.15, 0.2) is 5.82 Å². The van der Waals surface area contributed by atoms with E-state index in [0.717, 1.165) is 11.8 Å². The molecule has 1 heterocycles. The standard InChI is InChI=1S/C17H18N2O3/c1-17(2,3)22-15(21)10-9-14(20)16-18-11-12-19(16)13-7-5-4-6-8-13/h4-12H,1-3H3/b10-9+. The van der Waals surface area contributed by atoms with Crippen molar-refractivity contribution in [3.63, 3.8) is 0 Å². The van der Waals surface area contributed by atoms with Gasteiger partial charge in [-0.25, -0.2) is 9.78 Å². The van der Waals surface area contributed by atoms with Gasteiger partial charge in [-0.1, -0.05) is 18.2 Å². The summed E-state index contributed by atoms with van der Waals surface area (Å²) in [7, 11) is 0. The third kappa shape index (κ3) is 4.15. The lowest BCUT2D eigenvalue weighted by molar-refractivity contribution is -0.148. The van der Waals surface area contributed by atoms with E-state index in [1.807, 2.05) is 30.3 Å². The van der Waals surface area contributed by atoms with E-state index in [-0.39, 0.29) is 11.6 Å². The van der Waals surface area contributed by atoms with Crippen molar-refractivity contribution in [2.24, 2.45) is 0 Å². The molecule has 0 N–H and O–H groups in total. The van der Waals surface area contributed by atoms with E-state index in [1.54, 1.807) is 37.7 Å². The van der Waals surface area contributed by atoms with Crippen LogP contribution in [0, 0.1) is 0 Å². The fourth-order valence-corrected chi connectivity index (χ4v) is 1.84. The Balaban J connectivity index is 2.15. The van der Waals surface area contributed by atoms with E-state index < -0.39 is 11.6 Å². The molecule has 114 valence electrons. The summed E-state index contributed by atoms with van der Waals surface area (Å²) in [4.78, 5) is 27.8. The van der Waals surface area contributed by atoms with Crippen LogP contribution in [0.3, 0.4) is 0 Å². The summed E-state index contributed by atoms with van der Waals surface area (Å²) < 4.78 is 6.78. The molecule has 0 bridgehead atoms. The maximum Gasteiger partial charge on any atom is 0.331 e. The largest absolute Gasteiger partial charge is 0.457 e. The van der Waals surface area contributed by atoms with Gasteiger partial charge in [0.25, 0.3) is 0 Å². The molecule has 0 atom stereocenters. The lowest BCUT2D eigenvalue weighted by Crippen LogP contribution is -2.22. The number of para-hydroxylation sites is 1. The predicted octanol–water partition coefficient (Wildman–Crippen LogP) is 2.95. The zero-order chi connectivity index (χ0) is 16.2. The van der Waals surface area contributed by atoms with Crippen molar-refractivity contribution >= 4 is 11.8 Å². The molecule has 0 aliphatic heterocycles. The molecule has 5 nitrogen and oxygen atoms in total. The van der Waals surface area contributed by atoms with Crippen molar-refractivity contribution < 1.29 is 14.3 Å². The molecule has 0 spiro atoms. The normalized spacial score (nSPS) is 11.6. The molecule has 0 aliphatic rings. The minimum atomic E-state index is -0.590. The van der Waals surface area contributed by atoms with E-state index in [1.165, 1.54) is 6.08 Å². The molecule has 1 aromatic heterocycles. The first kappa shape index (κ1) is 15.7. The number of hydrogen-bond donors (Lipinski definition) is 0. The number of imidazole rings is 1. The van der Waals surface area contributed by atoms with Crippen molar-refractivity contribution in [3.8, 4) is 5.69 Å². The predicted molar refractivity (Wildman–Crippen MR) is 82.9 cm³/mol. The molecular weight excluding hydrogens is 280 g/mol. The second-order valence-electron chi connectivity index (χ2n) is 5.69. The van der Waals surface area contributed by atoms with Crippen LogP contribution in [0.1, 0.15) is 31.4 Å². The second-order valence-corrected chi connectivity index (χ2v) is 5.69. The van der Waals surface area contributed by atoms with Crippen LogP contribution in [0.4, 0.5) is 0 Å². The zero-order valence-electron chi connectivity index (χ0n) is 12.8. The highest BCUT2D eigenvalue weighted by atomic mass is 16.6. The minimum absolute atomic E-state index is 0.242. The van der Waals surface area contributed by atoms with Gasteiger partial charge in [0.2, 0.25) is 5.78 Å². The van der Waals surface area contributed by atoms with E-state index in [2.05, 4.69) is 4.98 Å². The number of allylic oxidation sites excluding steroid dienone is 1. The maximum atomic E-state index is 12.2. The SMILES string of the molecule is CC(C)(C)OC(=O)/C=C/C(=O)c1nccn1-c1ccccc1. The van der Waals surface area contributed by atoms with E-state index in [4.69, 9.17) is 4.74 Å². The van der Waals surface area contributed by atoms with Crippen LogP contribution >= 0.6 is 0 Å². The van der Waals surface area contributed by atoms with Gasteiger partial charge in [-0.3, -0.25) is 9.36 Å². The van der Waals surface area contributed by atoms with Crippen molar-refractivity contribution in [2.45, 2.75) is 26.4 Å². The summed E-state index contributed by atoms with van der Waals surface area (Å²) in [6.07, 6.45) is 5.54. The minimum Gasteiger partial charge on any atom is -0.457 e. The molecule has 0 fully saturated rings. The Morgan fingerprint density at radius 3 is 2.45 bits per heavy atom.